The molecule has 114 valence electrons. The first-order chi connectivity index (χ1) is 9.74. The summed E-state index contributed by atoms with van der Waals surface area (Å²) in [5, 5.41) is 4.49. The predicted octanol–water partition coefficient (Wildman–Crippen LogP) is 2.53. The van der Waals surface area contributed by atoms with Crippen LogP contribution in [0.15, 0.2) is 36.5 Å². The Balaban J connectivity index is 0.00000161. The Kier molecular flexibility index (Phi) is 5.39. The number of rotatable bonds is 3. The molecule has 3 rings (SSSR count). The van der Waals surface area contributed by atoms with E-state index in [4.69, 9.17) is 5.73 Å². The maximum absolute atomic E-state index is 6.06. The smallest absolute Gasteiger partial charge is 0.0678 e. The van der Waals surface area contributed by atoms with Gasteiger partial charge in [-0.05, 0) is 44.0 Å². The van der Waals surface area contributed by atoms with Gasteiger partial charge in [0.15, 0.2) is 0 Å². The SMILES string of the molecule is Cc1ccccc1-n1nccc1CN1CCC[C@@H](N)C1.Cl. The van der Waals surface area contributed by atoms with Crippen LogP contribution < -0.4 is 5.73 Å². The zero-order valence-corrected chi connectivity index (χ0v) is 13.2. The number of likely N-dealkylation sites (tertiary alicyclic amines) is 1. The summed E-state index contributed by atoms with van der Waals surface area (Å²) in [5.41, 5.74) is 9.70. The average Bonchev–Trinajstić information content (AvgIpc) is 2.87. The normalized spacial score (nSPS) is 19.2. The lowest BCUT2D eigenvalue weighted by Gasteiger charge is -2.30. The standard InChI is InChI=1S/C16H22N4.ClH/c1-13-5-2-3-7-16(13)20-15(8-9-18-20)12-19-10-4-6-14(17)11-19;/h2-3,5,7-9,14H,4,6,10-12,17H2,1H3;1H/t14-;/m1./s1. The van der Waals surface area contributed by atoms with Crippen LogP contribution in [-0.4, -0.2) is 33.8 Å². The molecule has 0 amide bonds. The minimum absolute atomic E-state index is 0. The van der Waals surface area contributed by atoms with Crippen molar-refractivity contribution in [1.82, 2.24) is 14.7 Å². The van der Waals surface area contributed by atoms with E-state index in [9.17, 15) is 0 Å². The van der Waals surface area contributed by atoms with E-state index in [0.717, 1.165) is 31.7 Å². The summed E-state index contributed by atoms with van der Waals surface area (Å²) >= 11 is 0. The fraction of sp³-hybridized carbons (Fsp3) is 0.438. The van der Waals surface area contributed by atoms with Gasteiger partial charge >= 0.3 is 0 Å². The molecule has 0 radical (unpaired) electrons. The number of nitrogens with two attached hydrogens (primary N) is 1. The average molecular weight is 307 g/mol. The van der Waals surface area contributed by atoms with Crippen LogP contribution >= 0.6 is 12.4 Å². The highest BCUT2D eigenvalue weighted by Gasteiger charge is 2.18. The Morgan fingerprint density at radius 2 is 2.10 bits per heavy atom. The fourth-order valence-corrected chi connectivity index (χ4v) is 2.93. The number of benzene rings is 1. The van der Waals surface area contributed by atoms with Gasteiger partial charge in [-0.1, -0.05) is 18.2 Å². The first-order valence-corrected chi connectivity index (χ1v) is 7.31. The second-order valence-electron chi connectivity index (χ2n) is 5.66. The Morgan fingerprint density at radius 3 is 2.86 bits per heavy atom. The van der Waals surface area contributed by atoms with Crippen molar-refractivity contribution in [3.63, 3.8) is 0 Å². The van der Waals surface area contributed by atoms with Crippen molar-refractivity contribution in [2.75, 3.05) is 13.1 Å². The van der Waals surface area contributed by atoms with Crippen LogP contribution in [0.25, 0.3) is 5.69 Å². The number of hydrogen-bond donors (Lipinski definition) is 1. The third-order valence-electron chi connectivity index (χ3n) is 3.99. The Bertz CT molecular complexity index is 581. The highest BCUT2D eigenvalue weighted by Crippen LogP contribution is 2.18. The third kappa shape index (κ3) is 3.64. The summed E-state index contributed by atoms with van der Waals surface area (Å²) < 4.78 is 2.05. The van der Waals surface area contributed by atoms with E-state index in [1.54, 1.807) is 0 Å². The van der Waals surface area contributed by atoms with Crippen molar-refractivity contribution in [3.05, 3.63) is 47.8 Å². The Labute approximate surface area is 132 Å². The van der Waals surface area contributed by atoms with Gasteiger partial charge in [-0.25, -0.2) is 4.68 Å². The molecule has 1 fully saturated rings. The lowest BCUT2D eigenvalue weighted by atomic mass is 10.1. The summed E-state index contributed by atoms with van der Waals surface area (Å²) in [6.45, 7) is 5.16. The Morgan fingerprint density at radius 1 is 1.29 bits per heavy atom. The first-order valence-electron chi connectivity index (χ1n) is 7.31. The molecule has 1 atom stereocenters. The van der Waals surface area contributed by atoms with Gasteiger partial charge in [0.05, 0.1) is 11.4 Å². The zero-order chi connectivity index (χ0) is 13.9. The number of piperidine rings is 1. The number of aryl methyl sites for hydroxylation is 1. The summed E-state index contributed by atoms with van der Waals surface area (Å²) in [6.07, 6.45) is 4.22. The van der Waals surface area contributed by atoms with Crippen molar-refractivity contribution < 1.29 is 0 Å². The van der Waals surface area contributed by atoms with E-state index >= 15 is 0 Å². The molecule has 1 aliphatic rings. The molecule has 4 nitrogen and oxygen atoms in total. The van der Waals surface area contributed by atoms with Crippen molar-refractivity contribution in [3.8, 4) is 5.69 Å². The molecule has 0 unspecified atom stereocenters. The lowest BCUT2D eigenvalue weighted by Crippen LogP contribution is -2.42. The van der Waals surface area contributed by atoms with Crippen molar-refractivity contribution in [2.45, 2.75) is 32.4 Å². The molecule has 1 saturated heterocycles. The maximum atomic E-state index is 6.06. The number of halogens is 1. The van der Waals surface area contributed by atoms with Gasteiger partial charge in [0.25, 0.3) is 0 Å². The van der Waals surface area contributed by atoms with E-state index in [1.165, 1.54) is 17.7 Å². The molecule has 1 aromatic carbocycles. The van der Waals surface area contributed by atoms with Gasteiger partial charge in [0, 0.05) is 25.3 Å². The monoisotopic (exact) mass is 306 g/mol. The van der Waals surface area contributed by atoms with Crippen LogP contribution in [0.3, 0.4) is 0 Å². The second kappa shape index (κ2) is 7.07. The fourth-order valence-electron chi connectivity index (χ4n) is 2.93. The van der Waals surface area contributed by atoms with Crippen LogP contribution in [0, 0.1) is 6.92 Å². The number of para-hydroxylation sites is 1. The molecule has 1 aromatic heterocycles. The van der Waals surface area contributed by atoms with Crippen LogP contribution in [0.1, 0.15) is 24.1 Å². The van der Waals surface area contributed by atoms with Gasteiger partial charge in [0.1, 0.15) is 0 Å². The molecule has 2 N–H and O–H groups in total. The van der Waals surface area contributed by atoms with E-state index in [2.05, 4.69) is 51.9 Å². The maximum Gasteiger partial charge on any atom is 0.0678 e. The molecule has 0 aliphatic carbocycles. The third-order valence-corrected chi connectivity index (χ3v) is 3.99. The largest absolute Gasteiger partial charge is 0.327 e. The summed E-state index contributed by atoms with van der Waals surface area (Å²) in [5.74, 6) is 0. The topological polar surface area (TPSA) is 47.1 Å². The molecule has 0 saturated carbocycles. The molecular weight excluding hydrogens is 284 g/mol. The molecule has 2 aromatic rings. The van der Waals surface area contributed by atoms with Crippen LogP contribution in [0.4, 0.5) is 0 Å². The molecule has 5 heteroatoms. The highest BCUT2D eigenvalue weighted by atomic mass is 35.5. The molecule has 0 bridgehead atoms. The van der Waals surface area contributed by atoms with Crippen LogP contribution in [0.5, 0.6) is 0 Å². The van der Waals surface area contributed by atoms with E-state index in [-0.39, 0.29) is 12.4 Å². The van der Waals surface area contributed by atoms with E-state index in [0.29, 0.717) is 6.04 Å². The van der Waals surface area contributed by atoms with Crippen LogP contribution in [0.2, 0.25) is 0 Å². The van der Waals surface area contributed by atoms with Gasteiger partial charge in [-0.15, -0.1) is 12.4 Å². The highest BCUT2D eigenvalue weighted by molar-refractivity contribution is 5.85. The zero-order valence-electron chi connectivity index (χ0n) is 12.4. The van der Waals surface area contributed by atoms with Crippen molar-refractivity contribution >= 4 is 12.4 Å². The number of hydrogen-bond acceptors (Lipinski definition) is 3. The lowest BCUT2D eigenvalue weighted by molar-refractivity contribution is 0.198. The minimum atomic E-state index is 0. The van der Waals surface area contributed by atoms with Crippen molar-refractivity contribution in [2.24, 2.45) is 5.73 Å². The minimum Gasteiger partial charge on any atom is -0.327 e. The number of nitrogens with zero attached hydrogens (tertiary/aromatic N) is 3. The predicted molar refractivity (Wildman–Crippen MR) is 88.0 cm³/mol. The summed E-state index contributed by atoms with van der Waals surface area (Å²) in [4.78, 5) is 2.43. The van der Waals surface area contributed by atoms with E-state index in [1.807, 2.05) is 6.20 Å². The Hall–Kier alpha value is -1.36. The van der Waals surface area contributed by atoms with Gasteiger partial charge in [0.2, 0.25) is 0 Å². The molecule has 2 heterocycles. The quantitative estimate of drug-likeness (QED) is 0.948. The van der Waals surface area contributed by atoms with Crippen LogP contribution in [-0.2, 0) is 6.54 Å². The first kappa shape index (κ1) is 16.0. The van der Waals surface area contributed by atoms with Gasteiger partial charge < -0.3 is 5.73 Å². The number of aromatic nitrogens is 2. The molecule has 0 spiro atoms. The van der Waals surface area contributed by atoms with Gasteiger partial charge in [-0.3, -0.25) is 4.90 Å². The summed E-state index contributed by atoms with van der Waals surface area (Å²) in [7, 11) is 0. The molecule has 21 heavy (non-hydrogen) atoms. The van der Waals surface area contributed by atoms with E-state index < -0.39 is 0 Å². The molecular formula is C16H23ClN4. The van der Waals surface area contributed by atoms with Gasteiger partial charge in [-0.2, -0.15) is 5.10 Å². The second-order valence-corrected chi connectivity index (χ2v) is 5.66. The van der Waals surface area contributed by atoms with Crippen molar-refractivity contribution in [1.29, 1.82) is 0 Å². The summed E-state index contributed by atoms with van der Waals surface area (Å²) in [6, 6.07) is 10.8. The molecule has 1 aliphatic heterocycles.